The van der Waals surface area contributed by atoms with Crippen molar-refractivity contribution in [3.8, 4) is 17.8 Å². The molecular formula is C14H11N5. The molecule has 19 heavy (non-hydrogen) atoms. The Morgan fingerprint density at radius 3 is 2.63 bits per heavy atom. The van der Waals surface area contributed by atoms with Crippen LogP contribution in [0.3, 0.4) is 0 Å². The van der Waals surface area contributed by atoms with Crippen LogP contribution in [0.2, 0.25) is 0 Å². The van der Waals surface area contributed by atoms with E-state index in [-0.39, 0.29) is 5.57 Å². The highest BCUT2D eigenvalue weighted by Gasteiger charge is 2.04. The Morgan fingerprint density at radius 1 is 1.26 bits per heavy atom. The Labute approximate surface area is 111 Å². The fraction of sp³-hybridized carbons (Fsp3) is 0.0714. The third kappa shape index (κ3) is 2.80. The number of nitrogens with zero attached hydrogens (tertiary/aromatic N) is 4. The number of allylic oxidation sites excluding steroid dienone is 1. The first-order valence-electron chi connectivity index (χ1n) is 5.63. The number of para-hydroxylation sites is 2. The third-order valence-corrected chi connectivity index (χ3v) is 2.49. The van der Waals surface area contributed by atoms with E-state index in [1.807, 2.05) is 43.5 Å². The zero-order valence-electron chi connectivity index (χ0n) is 10.3. The van der Waals surface area contributed by atoms with Gasteiger partial charge in [-0.15, -0.1) is 0 Å². The molecule has 1 aromatic carbocycles. The lowest BCUT2D eigenvalue weighted by atomic mass is 10.2. The molecule has 0 saturated carbocycles. The second-order valence-corrected chi connectivity index (χ2v) is 3.84. The summed E-state index contributed by atoms with van der Waals surface area (Å²) in [4.78, 5) is 0. The zero-order valence-corrected chi connectivity index (χ0v) is 10.3. The molecule has 0 spiro atoms. The van der Waals surface area contributed by atoms with Crippen LogP contribution in [0.5, 0.6) is 0 Å². The number of hydrogen-bond acceptors (Lipinski definition) is 4. The minimum Gasteiger partial charge on any atom is -0.358 e. The van der Waals surface area contributed by atoms with E-state index in [0.717, 1.165) is 17.1 Å². The molecule has 2 aromatic rings. The van der Waals surface area contributed by atoms with Gasteiger partial charge in [-0.3, -0.25) is 0 Å². The van der Waals surface area contributed by atoms with Crippen molar-refractivity contribution in [2.24, 2.45) is 0 Å². The smallest absolute Gasteiger partial charge is 0.145 e. The zero-order chi connectivity index (χ0) is 13.7. The van der Waals surface area contributed by atoms with Crippen molar-refractivity contribution in [1.82, 2.24) is 9.78 Å². The van der Waals surface area contributed by atoms with E-state index >= 15 is 0 Å². The molecule has 5 heteroatoms. The Hall–Kier alpha value is -3.05. The van der Waals surface area contributed by atoms with Gasteiger partial charge in [-0.25, -0.2) is 4.68 Å². The van der Waals surface area contributed by atoms with Gasteiger partial charge < -0.3 is 5.32 Å². The van der Waals surface area contributed by atoms with Crippen LogP contribution in [0.4, 0.5) is 5.69 Å². The summed E-state index contributed by atoms with van der Waals surface area (Å²) in [6.45, 7) is 1.91. The number of anilines is 1. The highest BCUT2D eigenvalue weighted by molar-refractivity contribution is 5.62. The van der Waals surface area contributed by atoms with E-state index in [4.69, 9.17) is 10.5 Å². The predicted molar refractivity (Wildman–Crippen MR) is 71.2 cm³/mol. The largest absolute Gasteiger partial charge is 0.358 e. The SMILES string of the molecule is Cc1ccn(-c2ccccc2NC=C(C#N)C#N)n1. The molecule has 0 aliphatic heterocycles. The van der Waals surface area contributed by atoms with Gasteiger partial charge in [0.1, 0.15) is 17.7 Å². The van der Waals surface area contributed by atoms with Crippen molar-refractivity contribution in [3.05, 3.63) is 54.0 Å². The number of nitriles is 2. The van der Waals surface area contributed by atoms with Crippen molar-refractivity contribution in [1.29, 1.82) is 10.5 Å². The molecule has 0 saturated heterocycles. The lowest BCUT2D eigenvalue weighted by molar-refractivity contribution is 0.864. The van der Waals surface area contributed by atoms with Gasteiger partial charge in [0.2, 0.25) is 0 Å². The number of hydrogen-bond donors (Lipinski definition) is 1. The van der Waals surface area contributed by atoms with Gasteiger partial charge in [0.05, 0.1) is 17.1 Å². The second-order valence-electron chi connectivity index (χ2n) is 3.84. The lowest BCUT2D eigenvalue weighted by Gasteiger charge is -2.08. The van der Waals surface area contributed by atoms with Crippen LogP contribution in [0.1, 0.15) is 5.69 Å². The summed E-state index contributed by atoms with van der Waals surface area (Å²) in [5, 5.41) is 24.7. The van der Waals surface area contributed by atoms with Gasteiger partial charge in [0.15, 0.2) is 0 Å². The molecule has 0 fully saturated rings. The van der Waals surface area contributed by atoms with Crippen LogP contribution in [0.25, 0.3) is 5.69 Å². The Morgan fingerprint density at radius 2 is 2.00 bits per heavy atom. The quantitative estimate of drug-likeness (QED) is 0.848. The molecule has 0 atom stereocenters. The highest BCUT2D eigenvalue weighted by Crippen LogP contribution is 2.19. The van der Waals surface area contributed by atoms with Crippen LogP contribution in [0.15, 0.2) is 48.3 Å². The fourth-order valence-corrected chi connectivity index (χ4v) is 1.58. The van der Waals surface area contributed by atoms with Crippen molar-refractivity contribution >= 4 is 5.69 Å². The molecule has 0 aliphatic carbocycles. The molecule has 2 rings (SSSR count). The standard InChI is InChI=1S/C14H11N5/c1-11-6-7-19(18-11)14-5-3-2-4-13(14)17-10-12(8-15)9-16/h2-7,10,17H,1H3. The monoisotopic (exact) mass is 249 g/mol. The van der Waals surface area contributed by atoms with Crippen LogP contribution >= 0.6 is 0 Å². The molecule has 5 nitrogen and oxygen atoms in total. The van der Waals surface area contributed by atoms with E-state index in [2.05, 4.69) is 10.4 Å². The molecule has 0 radical (unpaired) electrons. The van der Waals surface area contributed by atoms with Crippen molar-refractivity contribution in [2.75, 3.05) is 5.32 Å². The Bertz CT molecular complexity index is 681. The average Bonchev–Trinajstić information content (AvgIpc) is 2.87. The summed E-state index contributed by atoms with van der Waals surface area (Å²) in [7, 11) is 0. The Kier molecular flexibility index (Phi) is 3.61. The van der Waals surface area contributed by atoms with Crippen LogP contribution in [-0.2, 0) is 0 Å². The fourth-order valence-electron chi connectivity index (χ4n) is 1.58. The predicted octanol–water partition coefficient (Wildman–Crippen LogP) is 2.52. The maximum atomic E-state index is 8.70. The van der Waals surface area contributed by atoms with Crippen molar-refractivity contribution in [2.45, 2.75) is 6.92 Å². The molecule has 0 amide bonds. The maximum absolute atomic E-state index is 8.70. The first kappa shape index (κ1) is 12.4. The van der Waals surface area contributed by atoms with E-state index < -0.39 is 0 Å². The average molecular weight is 249 g/mol. The second kappa shape index (κ2) is 5.52. The summed E-state index contributed by atoms with van der Waals surface area (Å²) < 4.78 is 1.74. The summed E-state index contributed by atoms with van der Waals surface area (Å²) >= 11 is 0. The summed E-state index contributed by atoms with van der Waals surface area (Å²) in [5.41, 5.74) is 2.56. The Balaban J connectivity index is 2.36. The van der Waals surface area contributed by atoms with Crippen LogP contribution in [-0.4, -0.2) is 9.78 Å². The van der Waals surface area contributed by atoms with Gasteiger partial charge >= 0.3 is 0 Å². The van der Waals surface area contributed by atoms with E-state index in [1.54, 1.807) is 16.8 Å². The molecule has 92 valence electrons. The molecular weight excluding hydrogens is 238 g/mol. The van der Waals surface area contributed by atoms with Gasteiger partial charge in [0, 0.05) is 12.4 Å². The van der Waals surface area contributed by atoms with E-state index in [1.165, 1.54) is 6.20 Å². The van der Waals surface area contributed by atoms with E-state index in [0.29, 0.717) is 0 Å². The number of aryl methyl sites for hydroxylation is 1. The minimum absolute atomic E-state index is 0.0199. The molecule has 1 aromatic heterocycles. The molecule has 0 bridgehead atoms. The van der Waals surface area contributed by atoms with E-state index in [9.17, 15) is 0 Å². The van der Waals surface area contributed by atoms with Crippen LogP contribution in [0, 0.1) is 29.6 Å². The number of benzene rings is 1. The molecule has 1 heterocycles. The van der Waals surface area contributed by atoms with Crippen LogP contribution < -0.4 is 5.32 Å². The third-order valence-electron chi connectivity index (χ3n) is 2.49. The first-order valence-corrected chi connectivity index (χ1v) is 5.63. The maximum Gasteiger partial charge on any atom is 0.145 e. The summed E-state index contributed by atoms with van der Waals surface area (Å²) in [6.07, 6.45) is 3.24. The topological polar surface area (TPSA) is 77.4 Å². The number of rotatable bonds is 3. The highest BCUT2D eigenvalue weighted by atomic mass is 15.3. The summed E-state index contributed by atoms with van der Waals surface area (Å²) in [6, 6.07) is 13.0. The molecule has 0 aliphatic rings. The summed E-state index contributed by atoms with van der Waals surface area (Å²) in [5.74, 6) is 0. The molecule has 0 unspecified atom stereocenters. The normalized spacial score (nSPS) is 9.21. The first-order chi connectivity index (χ1) is 9.24. The van der Waals surface area contributed by atoms with Gasteiger partial charge in [0.25, 0.3) is 0 Å². The molecule has 1 N–H and O–H groups in total. The number of nitrogens with one attached hydrogen (secondary N) is 1. The lowest BCUT2D eigenvalue weighted by Crippen LogP contribution is -2.00. The van der Waals surface area contributed by atoms with Gasteiger partial charge in [-0.05, 0) is 25.1 Å². The minimum atomic E-state index is 0.0199. The van der Waals surface area contributed by atoms with Crippen molar-refractivity contribution in [3.63, 3.8) is 0 Å². The van der Waals surface area contributed by atoms with Gasteiger partial charge in [-0.2, -0.15) is 15.6 Å². The van der Waals surface area contributed by atoms with Crippen molar-refractivity contribution < 1.29 is 0 Å². The number of aromatic nitrogens is 2. The van der Waals surface area contributed by atoms with Gasteiger partial charge in [-0.1, -0.05) is 12.1 Å².